The van der Waals surface area contributed by atoms with E-state index in [9.17, 15) is 14.0 Å². The van der Waals surface area contributed by atoms with Crippen molar-refractivity contribution in [3.8, 4) is 0 Å². The first kappa shape index (κ1) is 15.5. The van der Waals surface area contributed by atoms with E-state index in [1.807, 2.05) is 13.0 Å². The van der Waals surface area contributed by atoms with Crippen molar-refractivity contribution in [1.82, 2.24) is 10.2 Å². The molecule has 0 aromatic heterocycles. The van der Waals surface area contributed by atoms with E-state index in [0.717, 1.165) is 12.0 Å². The number of hydrogen-bond donors (Lipinski definition) is 1. The molecule has 1 fully saturated rings. The summed E-state index contributed by atoms with van der Waals surface area (Å²) in [6.07, 6.45) is 2.02. The predicted octanol–water partition coefficient (Wildman–Crippen LogP) is 1.88. The van der Waals surface area contributed by atoms with Gasteiger partial charge in [0, 0.05) is 6.54 Å². The third-order valence-electron chi connectivity index (χ3n) is 3.85. The molecular weight excluding hydrogens is 271 g/mol. The molecule has 114 valence electrons. The lowest BCUT2D eigenvalue weighted by atomic mass is 10.0. The van der Waals surface area contributed by atoms with E-state index in [0.29, 0.717) is 19.4 Å². The Hall–Kier alpha value is -1.91. The highest BCUT2D eigenvalue weighted by Gasteiger charge is 2.36. The standard InChI is InChI=1S/C16H21FN2O2/c1-3-5-14-16(21)19(11(2)15(20)18-14)9-8-12-6-4-7-13(17)10-12/h4,6-7,10-11,14H,3,5,8-9H2,1-2H3,(H,18,20). The summed E-state index contributed by atoms with van der Waals surface area (Å²) in [5.41, 5.74) is 0.827. The highest BCUT2D eigenvalue weighted by molar-refractivity contribution is 5.96. The summed E-state index contributed by atoms with van der Waals surface area (Å²) in [5, 5.41) is 2.76. The van der Waals surface area contributed by atoms with E-state index in [1.165, 1.54) is 12.1 Å². The topological polar surface area (TPSA) is 49.4 Å². The second kappa shape index (κ2) is 6.70. The summed E-state index contributed by atoms with van der Waals surface area (Å²) in [6, 6.07) is 5.43. The van der Waals surface area contributed by atoms with Gasteiger partial charge in [0.15, 0.2) is 0 Å². The number of nitrogens with one attached hydrogen (secondary N) is 1. The van der Waals surface area contributed by atoms with Crippen LogP contribution in [0.3, 0.4) is 0 Å². The normalized spacial score (nSPS) is 22.3. The van der Waals surface area contributed by atoms with E-state index in [2.05, 4.69) is 5.32 Å². The number of hydrogen-bond acceptors (Lipinski definition) is 2. The fourth-order valence-corrected chi connectivity index (χ4v) is 2.62. The molecule has 1 aliphatic heterocycles. The van der Waals surface area contributed by atoms with Crippen molar-refractivity contribution in [3.05, 3.63) is 35.6 Å². The number of nitrogens with zero attached hydrogens (tertiary/aromatic N) is 1. The largest absolute Gasteiger partial charge is 0.343 e. The second-order valence-corrected chi connectivity index (χ2v) is 5.44. The lowest BCUT2D eigenvalue weighted by Gasteiger charge is -2.37. The molecule has 0 saturated carbocycles. The Bertz CT molecular complexity index is 533. The van der Waals surface area contributed by atoms with E-state index >= 15 is 0 Å². The zero-order valence-electron chi connectivity index (χ0n) is 12.4. The van der Waals surface area contributed by atoms with Gasteiger partial charge in [0.05, 0.1) is 0 Å². The molecule has 2 amide bonds. The Morgan fingerprint density at radius 1 is 1.33 bits per heavy atom. The molecule has 1 aliphatic rings. The number of benzene rings is 1. The number of carbonyl (C=O) groups is 2. The maximum absolute atomic E-state index is 13.2. The third kappa shape index (κ3) is 3.60. The molecule has 4 nitrogen and oxygen atoms in total. The SMILES string of the molecule is CCCC1NC(=O)C(C)N(CCc2cccc(F)c2)C1=O. The molecule has 0 radical (unpaired) electrons. The highest BCUT2D eigenvalue weighted by Crippen LogP contribution is 2.14. The Kier molecular flexibility index (Phi) is 4.94. The van der Waals surface area contributed by atoms with Gasteiger partial charge >= 0.3 is 0 Å². The van der Waals surface area contributed by atoms with Crippen molar-refractivity contribution in [2.24, 2.45) is 0 Å². The Balaban J connectivity index is 2.05. The zero-order valence-corrected chi connectivity index (χ0v) is 12.4. The minimum Gasteiger partial charge on any atom is -0.343 e. The van der Waals surface area contributed by atoms with Crippen LogP contribution < -0.4 is 5.32 Å². The van der Waals surface area contributed by atoms with Crippen LogP contribution >= 0.6 is 0 Å². The van der Waals surface area contributed by atoms with Gasteiger partial charge in [-0.2, -0.15) is 0 Å². The van der Waals surface area contributed by atoms with Gasteiger partial charge < -0.3 is 10.2 Å². The van der Waals surface area contributed by atoms with Crippen LogP contribution in [-0.2, 0) is 16.0 Å². The van der Waals surface area contributed by atoms with E-state index < -0.39 is 12.1 Å². The number of amides is 2. The monoisotopic (exact) mass is 292 g/mol. The first-order valence-electron chi connectivity index (χ1n) is 7.38. The zero-order chi connectivity index (χ0) is 15.4. The van der Waals surface area contributed by atoms with Gasteiger partial charge in [-0.05, 0) is 37.5 Å². The number of rotatable bonds is 5. The van der Waals surface area contributed by atoms with Gasteiger partial charge in [0.25, 0.3) is 0 Å². The molecule has 2 atom stereocenters. The average molecular weight is 292 g/mol. The first-order chi connectivity index (χ1) is 10.0. The van der Waals surface area contributed by atoms with Crippen molar-refractivity contribution in [2.75, 3.05) is 6.54 Å². The fourth-order valence-electron chi connectivity index (χ4n) is 2.62. The van der Waals surface area contributed by atoms with Crippen molar-refractivity contribution in [3.63, 3.8) is 0 Å². The summed E-state index contributed by atoms with van der Waals surface area (Å²) in [7, 11) is 0. The van der Waals surface area contributed by atoms with Crippen LogP contribution in [0.5, 0.6) is 0 Å². The Morgan fingerprint density at radius 3 is 2.76 bits per heavy atom. The van der Waals surface area contributed by atoms with Crippen molar-refractivity contribution in [1.29, 1.82) is 0 Å². The van der Waals surface area contributed by atoms with Crippen LogP contribution in [0.15, 0.2) is 24.3 Å². The van der Waals surface area contributed by atoms with Gasteiger partial charge in [0.1, 0.15) is 17.9 Å². The molecule has 0 bridgehead atoms. The van der Waals surface area contributed by atoms with Crippen LogP contribution in [0, 0.1) is 5.82 Å². The maximum atomic E-state index is 13.2. The lowest BCUT2D eigenvalue weighted by molar-refractivity contribution is -0.148. The van der Waals surface area contributed by atoms with Crippen LogP contribution in [0.2, 0.25) is 0 Å². The van der Waals surface area contributed by atoms with Crippen LogP contribution in [-0.4, -0.2) is 35.3 Å². The number of halogens is 1. The van der Waals surface area contributed by atoms with Gasteiger partial charge in [-0.15, -0.1) is 0 Å². The molecular formula is C16H21FN2O2. The minimum absolute atomic E-state index is 0.0413. The average Bonchev–Trinajstić information content (AvgIpc) is 2.45. The molecule has 1 aromatic rings. The molecule has 21 heavy (non-hydrogen) atoms. The maximum Gasteiger partial charge on any atom is 0.245 e. The number of piperazine rings is 1. The van der Waals surface area contributed by atoms with Crippen LogP contribution in [0.4, 0.5) is 4.39 Å². The minimum atomic E-state index is -0.473. The van der Waals surface area contributed by atoms with E-state index in [4.69, 9.17) is 0 Å². The van der Waals surface area contributed by atoms with E-state index in [1.54, 1.807) is 17.9 Å². The van der Waals surface area contributed by atoms with Gasteiger partial charge in [-0.25, -0.2) is 4.39 Å². The predicted molar refractivity (Wildman–Crippen MR) is 78.1 cm³/mol. The fraction of sp³-hybridized carbons (Fsp3) is 0.500. The van der Waals surface area contributed by atoms with Gasteiger partial charge in [0.2, 0.25) is 11.8 Å². The van der Waals surface area contributed by atoms with Crippen molar-refractivity contribution >= 4 is 11.8 Å². The van der Waals surface area contributed by atoms with Crippen molar-refractivity contribution < 1.29 is 14.0 Å². The summed E-state index contributed by atoms with van der Waals surface area (Å²) >= 11 is 0. The molecule has 1 aromatic carbocycles. The molecule has 1 heterocycles. The van der Waals surface area contributed by atoms with Crippen LogP contribution in [0.25, 0.3) is 0 Å². The second-order valence-electron chi connectivity index (χ2n) is 5.44. The van der Waals surface area contributed by atoms with E-state index in [-0.39, 0.29) is 17.6 Å². The molecule has 1 N–H and O–H groups in total. The first-order valence-corrected chi connectivity index (χ1v) is 7.38. The summed E-state index contributed by atoms with van der Waals surface area (Å²) in [5.74, 6) is -0.445. The smallest absolute Gasteiger partial charge is 0.245 e. The summed E-state index contributed by atoms with van der Waals surface area (Å²) < 4.78 is 13.2. The summed E-state index contributed by atoms with van der Waals surface area (Å²) in [6.45, 7) is 4.13. The molecule has 0 spiro atoms. The molecule has 2 unspecified atom stereocenters. The lowest BCUT2D eigenvalue weighted by Crippen LogP contribution is -2.62. The quantitative estimate of drug-likeness (QED) is 0.901. The van der Waals surface area contributed by atoms with Crippen LogP contribution in [0.1, 0.15) is 32.3 Å². The molecule has 5 heteroatoms. The molecule has 2 rings (SSSR count). The van der Waals surface area contributed by atoms with Gasteiger partial charge in [-0.3, -0.25) is 9.59 Å². The highest BCUT2D eigenvalue weighted by atomic mass is 19.1. The Labute approximate surface area is 124 Å². The third-order valence-corrected chi connectivity index (χ3v) is 3.85. The number of carbonyl (C=O) groups excluding carboxylic acids is 2. The van der Waals surface area contributed by atoms with Gasteiger partial charge in [-0.1, -0.05) is 25.5 Å². The van der Waals surface area contributed by atoms with Crippen molar-refractivity contribution in [2.45, 2.75) is 45.2 Å². The molecule has 0 aliphatic carbocycles. The summed E-state index contributed by atoms with van der Waals surface area (Å²) in [4.78, 5) is 25.9. The molecule has 1 saturated heterocycles. The Morgan fingerprint density at radius 2 is 2.10 bits per heavy atom.